The van der Waals surface area contributed by atoms with E-state index in [9.17, 15) is 13.2 Å². The molecule has 26 heavy (non-hydrogen) atoms. The molecule has 3 aromatic carbocycles. The Morgan fingerprint density at radius 1 is 0.808 bits per heavy atom. The van der Waals surface area contributed by atoms with Crippen molar-refractivity contribution < 1.29 is 13.2 Å². The smallest absolute Gasteiger partial charge is 0.238 e. The van der Waals surface area contributed by atoms with Gasteiger partial charge in [-0.15, -0.1) is 0 Å². The Hall–Kier alpha value is -2.96. The van der Waals surface area contributed by atoms with Gasteiger partial charge in [-0.05, 0) is 36.8 Å². The molecule has 0 amide bonds. The summed E-state index contributed by atoms with van der Waals surface area (Å²) >= 11 is 0. The summed E-state index contributed by atoms with van der Waals surface area (Å²) in [6, 6.07) is 22.7. The van der Waals surface area contributed by atoms with E-state index < -0.39 is 10.0 Å². The topological polar surface area (TPSA) is 103 Å². The third-order valence-corrected chi connectivity index (χ3v) is 4.56. The zero-order chi connectivity index (χ0) is 19.2. The number of carbonyl (C=O) groups is 1. The van der Waals surface area contributed by atoms with Crippen LogP contribution in [0.1, 0.15) is 21.5 Å². The van der Waals surface area contributed by atoms with Crippen molar-refractivity contribution in [2.45, 2.75) is 11.8 Å². The summed E-state index contributed by atoms with van der Waals surface area (Å²) in [5, 5.41) is 4.84. The molecule has 4 N–H and O–H groups in total. The van der Waals surface area contributed by atoms with Crippen LogP contribution in [0.25, 0.3) is 0 Å². The lowest BCUT2D eigenvalue weighted by Gasteiger charge is -2.03. The minimum absolute atomic E-state index is 0.0756. The SMILES string of the molecule is Cc1ccccc1C(=O)c1ccccc1.Nc1ccc(S(N)(=O)=O)cc1. The number of benzene rings is 3. The number of anilines is 1. The maximum atomic E-state index is 12.1. The molecule has 0 saturated carbocycles. The summed E-state index contributed by atoms with van der Waals surface area (Å²) in [4.78, 5) is 12.1. The molecular weight excluding hydrogens is 348 g/mol. The summed E-state index contributed by atoms with van der Waals surface area (Å²) in [6.45, 7) is 1.95. The van der Waals surface area contributed by atoms with Crippen molar-refractivity contribution in [1.82, 2.24) is 0 Å². The first-order chi connectivity index (χ1) is 12.3. The van der Waals surface area contributed by atoms with Crippen LogP contribution in [0.4, 0.5) is 5.69 Å². The van der Waals surface area contributed by atoms with Gasteiger partial charge < -0.3 is 5.73 Å². The van der Waals surface area contributed by atoms with E-state index in [0.29, 0.717) is 5.69 Å². The van der Waals surface area contributed by atoms with Crippen molar-refractivity contribution in [3.05, 3.63) is 95.6 Å². The number of primary sulfonamides is 1. The Labute approximate surface area is 153 Å². The van der Waals surface area contributed by atoms with E-state index in [4.69, 9.17) is 10.9 Å². The maximum Gasteiger partial charge on any atom is 0.238 e. The van der Waals surface area contributed by atoms with Crippen LogP contribution >= 0.6 is 0 Å². The first kappa shape index (κ1) is 19.4. The second-order valence-electron chi connectivity index (χ2n) is 5.62. The van der Waals surface area contributed by atoms with Crippen LogP contribution in [0.5, 0.6) is 0 Å². The van der Waals surface area contributed by atoms with Crippen LogP contribution in [-0.2, 0) is 10.0 Å². The van der Waals surface area contributed by atoms with E-state index >= 15 is 0 Å². The van der Waals surface area contributed by atoms with Crippen LogP contribution in [0.2, 0.25) is 0 Å². The lowest BCUT2D eigenvalue weighted by Crippen LogP contribution is -2.11. The van der Waals surface area contributed by atoms with Crippen molar-refractivity contribution in [2.75, 3.05) is 5.73 Å². The number of rotatable bonds is 3. The zero-order valence-corrected chi connectivity index (χ0v) is 15.1. The number of hydrogen-bond donors (Lipinski definition) is 2. The van der Waals surface area contributed by atoms with E-state index in [-0.39, 0.29) is 10.7 Å². The van der Waals surface area contributed by atoms with Gasteiger partial charge in [0.25, 0.3) is 0 Å². The van der Waals surface area contributed by atoms with Crippen LogP contribution in [0.15, 0.2) is 83.8 Å². The number of nitrogen functional groups attached to an aromatic ring is 1. The second kappa shape index (κ2) is 8.42. The number of sulfonamides is 1. The predicted molar refractivity (Wildman–Crippen MR) is 103 cm³/mol. The highest BCUT2D eigenvalue weighted by molar-refractivity contribution is 7.89. The van der Waals surface area contributed by atoms with Gasteiger partial charge >= 0.3 is 0 Å². The van der Waals surface area contributed by atoms with Gasteiger partial charge in [0, 0.05) is 16.8 Å². The third kappa shape index (κ3) is 5.27. The Bertz CT molecular complexity index is 983. The van der Waals surface area contributed by atoms with E-state index in [0.717, 1.165) is 16.7 Å². The van der Waals surface area contributed by atoms with E-state index in [1.54, 1.807) is 0 Å². The number of hydrogen-bond acceptors (Lipinski definition) is 4. The van der Waals surface area contributed by atoms with Crippen LogP contribution in [-0.4, -0.2) is 14.2 Å². The molecule has 0 aliphatic carbocycles. The quantitative estimate of drug-likeness (QED) is 0.547. The second-order valence-corrected chi connectivity index (χ2v) is 7.19. The molecule has 3 rings (SSSR count). The zero-order valence-electron chi connectivity index (χ0n) is 14.3. The largest absolute Gasteiger partial charge is 0.399 e. The fourth-order valence-corrected chi connectivity index (χ4v) is 2.75. The number of carbonyl (C=O) groups excluding carboxylic acids is 1. The highest BCUT2D eigenvalue weighted by Crippen LogP contribution is 2.13. The van der Waals surface area contributed by atoms with Gasteiger partial charge in [-0.25, -0.2) is 13.6 Å². The maximum absolute atomic E-state index is 12.1. The Morgan fingerprint density at radius 3 is 1.88 bits per heavy atom. The van der Waals surface area contributed by atoms with Gasteiger partial charge in [-0.2, -0.15) is 0 Å². The average Bonchev–Trinajstić information content (AvgIpc) is 2.62. The predicted octanol–water partition coefficient (Wildman–Crippen LogP) is 3.14. The van der Waals surface area contributed by atoms with Gasteiger partial charge in [0.1, 0.15) is 0 Å². The Morgan fingerprint density at radius 2 is 1.35 bits per heavy atom. The molecule has 0 spiro atoms. The normalized spacial score (nSPS) is 10.5. The molecule has 0 unspecified atom stereocenters. The van der Waals surface area contributed by atoms with Gasteiger partial charge in [-0.1, -0.05) is 54.6 Å². The van der Waals surface area contributed by atoms with Crippen LogP contribution in [0, 0.1) is 6.92 Å². The molecule has 0 atom stereocenters. The summed E-state index contributed by atoms with van der Waals surface area (Å²) < 4.78 is 21.4. The third-order valence-electron chi connectivity index (χ3n) is 3.63. The molecule has 6 heteroatoms. The minimum Gasteiger partial charge on any atom is -0.399 e. The highest BCUT2D eigenvalue weighted by atomic mass is 32.2. The molecule has 134 valence electrons. The molecule has 5 nitrogen and oxygen atoms in total. The summed E-state index contributed by atoms with van der Waals surface area (Å²) in [5.41, 5.74) is 8.39. The highest BCUT2D eigenvalue weighted by Gasteiger charge is 2.09. The first-order valence-corrected chi connectivity index (χ1v) is 9.37. The summed E-state index contributed by atoms with van der Waals surface area (Å²) in [5.74, 6) is 0.0914. The molecule has 3 aromatic rings. The van der Waals surface area contributed by atoms with Crippen molar-refractivity contribution >= 4 is 21.5 Å². The lowest BCUT2D eigenvalue weighted by atomic mass is 9.99. The van der Waals surface area contributed by atoms with Gasteiger partial charge in [0.2, 0.25) is 10.0 Å². The molecular formula is C20H20N2O3S. The van der Waals surface area contributed by atoms with E-state index in [1.807, 2.05) is 61.5 Å². The van der Waals surface area contributed by atoms with Crippen molar-refractivity contribution in [1.29, 1.82) is 0 Å². The fraction of sp³-hybridized carbons (Fsp3) is 0.0500. The summed E-state index contributed by atoms with van der Waals surface area (Å²) in [7, 11) is -3.58. The van der Waals surface area contributed by atoms with Crippen LogP contribution in [0.3, 0.4) is 0 Å². The molecule has 0 radical (unpaired) electrons. The number of aryl methyl sites for hydroxylation is 1. The lowest BCUT2D eigenvalue weighted by molar-refractivity contribution is 0.103. The van der Waals surface area contributed by atoms with Gasteiger partial charge in [0.05, 0.1) is 4.90 Å². The van der Waals surface area contributed by atoms with Gasteiger partial charge in [-0.3, -0.25) is 4.79 Å². The molecule has 0 bridgehead atoms. The van der Waals surface area contributed by atoms with Crippen molar-refractivity contribution in [3.8, 4) is 0 Å². The molecule has 0 aliphatic heterocycles. The molecule has 0 saturated heterocycles. The Kier molecular flexibility index (Phi) is 6.27. The Balaban J connectivity index is 0.000000197. The van der Waals surface area contributed by atoms with Gasteiger partial charge in [0.15, 0.2) is 5.78 Å². The molecule has 0 aliphatic rings. The molecule has 0 heterocycles. The average molecular weight is 368 g/mol. The van der Waals surface area contributed by atoms with E-state index in [1.165, 1.54) is 24.3 Å². The molecule has 0 aromatic heterocycles. The summed E-state index contributed by atoms with van der Waals surface area (Å²) in [6.07, 6.45) is 0. The number of nitrogens with two attached hydrogens (primary N) is 2. The fourth-order valence-electron chi connectivity index (χ4n) is 2.23. The van der Waals surface area contributed by atoms with E-state index in [2.05, 4.69) is 0 Å². The first-order valence-electron chi connectivity index (χ1n) is 7.83. The molecule has 0 fully saturated rings. The van der Waals surface area contributed by atoms with Crippen molar-refractivity contribution in [2.24, 2.45) is 5.14 Å². The number of ketones is 1. The van der Waals surface area contributed by atoms with Crippen molar-refractivity contribution in [3.63, 3.8) is 0 Å². The van der Waals surface area contributed by atoms with Crippen LogP contribution < -0.4 is 10.9 Å². The monoisotopic (exact) mass is 368 g/mol. The standard InChI is InChI=1S/C14H12O.C6H8N2O2S/c1-11-7-5-6-10-13(11)14(15)12-8-3-2-4-9-12;7-5-1-3-6(4-2-5)11(8,9)10/h2-10H,1H3;1-4H,7H2,(H2,8,9,10). The minimum atomic E-state index is -3.58.